The van der Waals surface area contributed by atoms with Crippen LogP contribution in [0.3, 0.4) is 0 Å². The van der Waals surface area contributed by atoms with Gasteiger partial charge in [0, 0.05) is 30.1 Å². The second-order valence-corrected chi connectivity index (χ2v) is 7.66. The van der Waals surface area contributed by atoms with Gasteiger partial charge in [0.15, 0.2) is 11.5 Å². The van der Waals surface area contributed by atoms with Crippen LogP contribution in [0, 0.1) is 0 Å². The number of Topliss-reactive ketones (excluding diaryl/α,β-unsaturated/α-hetero) is 1. The summed E-state index contributed by atoms with van der Waals surface area (Å²) in [6.07, 6.45) is 0.200. The molecule has 0 saturated carbocycles. The van der Waals surface area contributed by atoms with Gasteiger partial charge in [-0.05, 0) is 56.0 Å². The highest BCUT2D eigenvalue weighted by Gasteiger charge is 2.39. The number of hydrogen-bond donors (Lipinski definition) is 0. The van der Waals surface area contributed by atoms with E-state index in [9.17, 15) is 18.0 Å². The summed E-state index contributed by atoms with van der Waals surface area (Å²) in [6.45, 7) is 0.422. The molecule has 0 fully saturated rings. The number of alkyl halides is 3. The minimum atomic E-state index is -4.44. The van der Waals surface area contributed by atoms with Crippen LogP contribution in [0.4, 0.5) is 13.2 Å². The Bertz CT molecular complexity index is 1070. The molecule has 2 heterocycles. The number of nitrogens with zero attached hydrogens (tertiary/aromatic N) is 4. The van der Waals surface area contributed by atoms with Gasteiger partial charge in [-0.15, -0.1) is 0 Å². The zero-order valence-electron chi connectivity index (χ0n) is 17.2. The number of aryl methyl sites for hydroxylation is 1. The molecule has 31 heavy (non-hydrogen) atoms. The van der Waals surface area contributed by atoms with E-state index < -0.39 is 11.9 Å². The molecule has 0 N–H and O–H groups in total. The fourth-order valence-corrected chi connectivity index (χ4v) is 3.89. The highest BCUT2D eigenvalue weighted by molar-refractivity contribution is 5.97. The number of hydrogen-bond acceptors (Lipinski definition) is 4. The molecule has 1 aliphatic carbocycles. The zero-order chi connectivity index (χ0) is 22.0. The maximum Gasteiger partial charge on any atom is 0.435 e. The maximum atomic E-state index is 13.3. The van der Waals surface area contributed by atoms with Gasteiger partial charge in [0.2, 0.25) is 0 Å². The van der Waals surface area contributed by atoms with Gasteiger partial charge in [0.05, 0.1) is 18.7 Å². The SMILES string of the molecule is Cn1ccc(CC(=O)c2ccc(OCCn3nc(C(F)(F)F)c4c3CCCC4)cc2)n1. The van der Waals surface area contributed by atoms with Crippen LogP contribution in [0.2, 0.25) is 0 Å². The van der Waals surface area contributed by atoms with E-state index in [1.54, 1.807) is 48.3 Å². The molecule has 0 spiro atoms. The van der Waals surface area contributed by atoms with Crippen LogP contribution in [0.15, 0.2) is 36.5 Å². The van der Waals surface area contributed by atoms with Gasteiger partial charge in [-0.1, -0.05) is 0 Å². The molecule has 0 amide bonds. The second kappa shape index (κ2) is 8.56. The van der Waals surface area contributed by atoms with Crippen molar-refractivity contribution in [3.8, 4) is 5.75 Å². The lowest BCUT2D eigenvalue weighted by atomic mass is 9.95. The average Bonchev–Trinajstić information content (AvgIpc) is 3.32. The Morgan fingerprint density at radius 3 is 2.52 bits per heavy atom. The Kier molecular flexibility index (Phi) is 5.84. The maximum absolute atomic E-state index is 13.3. The molecule has 9 heteroatoms. The normalized spacial score (nSPS) is 13.8. The summed E-state index contributed by atoms with van der Waals surface area (Å²) in [6, 6.07) is 8.53. The van der Waals surface area contributed by atoms with E-state index in [2.05, 4.69) is 10.2 Å². The molecular weight excluding hydrogens is 409 g/mol. The first-order valence-corrected chi connectivity index (χ1v) is 10.2. The Morgan fingerprint density at radius 2 is 1.84 bits per heavy atom. The molecule has 3 aromatic rings. The van der Waals surface area contributed by atoms with E-state index in [0.717, 1.165) is 12.8 Å². The highest BCUT2D eigenvalue weighted by atomic mass is 19.4. The predicted molar refractivity (Wildman–Crippen MR) is 107 cm³/mol. The summed E-state index contributed by atoms with van der Waals surface area (Å²) in [5.74, 6) is 0.500. The summed E-state index contributed by atoms with van der Waals surface area (Å²) in [7, 11) is 1.79. The Morgan fingerprint density at radius 1 is 1.10 bits per heavy atom. The summed E-state index contributed by atoms with van der Waals surface area (Å²) >= 11 is 0. The molecule has 2 aromatic heterocycles. The molecule has 0 radical (unpaired) electrons. The van der Waals surface area contributed by atoms with Crippen molar-refractivity contribution < 1.29 is 22.7 Å². The van der Waals surface area contributed by atoms with Crippen LogP contribution in [-0.4, -0.2) is 32.0 Å². The number of fused-ring (bicyclic) bond motifs is 1. The van der Waals surface area contributed by atoms with Crippen molar-refractivity contribution in [2.45, 2.75) is 44.8 Å². The van der Waals surface area contributed by atoms with Crippen LogP contribution in [0.1, 0.15) is 45.8 Å². The van der Waals surface area contributed by atoms with Crippen LogP contribution in [0.25, 0.3) is 0 Å². The first-order chi connectivity index (χ1) is 14.8. The lowest BCUT2D eigenvalue weighted by Gasteiger charge is -2.15. The van der Waals surface area contributed by atoms with Gasteiger partial charge in [0.25, 0.3) is 0 Å². The van der Waals surface area contributed by atoms with Crippen molar-refractivity contribution in [1.82, 2.24) is 19.6 Å². The first-order valence-electron chi connectivity index (χ1n) is 10.2. The van der Waals surface area contributed by atoms with Gasteiger partial charge >= 0.3 is 6.18 Å². The van der Waals surface area contributed by atoms with Crippen molar-refractivity contribution in [2.75, 3.05) is 6.61 Å². The molecule has 6 nitrogen and oxygen atoms in total. The standard InChI is InChI=1S/C22H23F3N4O2/c1-28-11-10-16(26-28)14-20(30)15-6-8-17(9-7-15)31-13-12-29-19-5-3-2-4-18(19)21(27-29)22(23,24)25/h6-11H,2-5,12-14H2,1H3. The lowest BCUT2D eigenvalue weighted by Crippen LogP contribution is -2.14. The van der Waals surface area contributed by atoms with Gasteiger partial charge in [-0.2, -0.15) is 23.4 Å². The molecule has 164 valence electrons. The zero-order valence-corrected chi connectivity index (χ0v) is 17.2. The quantitative estimate of drug-likeness (QED) is 0.529. The minimum Gasteiger partial charge on any atom is -0.492 e. The molecule has 1 aliphatic rings. The summed E-state index contributed by atoms with van der Waals surface area (Å²) in [5.41, 5.74) is 1.48. The number of halogens is 3. The number of ketones is 1. The van der Waals surface area contributed by atoms with Gasteiger partial charge in [0.1, 0.15) is 12.4 Å². The number of carbonyl (C=O) groups excluding carboxylic acids is 1. The molecule has 4 rings (SSSR count). The molecule has 0 saturated heterocycles. The molecular formula is C22H23F3N4O2. The fourth-order valence-electron chi connectivity index (χ4n) is 3.89. The average molecular weight is 432 g/mol. The van der Waals surface area contributed by atoms with Gasteiger partial charge < -0.3 is 4.74 Å². The summed E-state index contributed by atoms with van der Waals surface area (Å²) in [4.78, 5) is 12.4. The fraction of sp³-hybridized carbons (Fsp3) is 0.409. The third kappa shape index (κ3) is 4.81. The Balaban J connectivity index is 1.36. The largest absolute Gasteiger partial charge is 0.492 e. The summed E-state index contributed by atoms with van der Waals surface area (Å²) < 4.78 is 48.6. The topological polar surface area (TPSA) is 61.9 Å². The number of carbonyl (C=O) groups is 1. The van der Waals surface area contributed by atoms with E-state index >= 15 is 0 Å². The molecule has 0 unspecified atom stereocenters. The second-order valence-electron chi connectivity index (χ2n) is 7.66. The molecule has 0 atom stereocenters. The van der Waals surface area contributed by atoms with E-state index in [-0.39, 0.29) is 25.4 Å². The van der Waals surface area contributed by atoms with Crippen molar-refractivity contribution in [1.29, 1.82) is 0 Å². The van der Waals surface area contributed by atoms with Crippen molar-refractivity contribution in [3.63, 3.8) is 0 Å². The highest BCUT2D eigenvalue weighted by Crippen LogP contribution is 2.35. The molecule has 0 bridgehead atoms. The van der Waals surface area contributed by atoms with Crippen LogP contribution in [0.5, 0.6) is 5.75 Å². The van der Waals surface area contributed by atoms with E-state index in [1.165, 1.54) is 4.68 Å². The lowest BCUT2D eigenvalue weighted by molar-refractivity contribution is -0.142. The minimum absolute atomic E-state index is 0.0481. The predicted octanol–water partition coefficient (Wildman–Crippen LogP) is 4.02. The number of benzene rings is 1. The molecule has 1 aromatic carbocycles. The van der Waals surface area contributed by atoms with Crippen molar-refractivity contribution >= 4 is 5.78 Å². The summed E-state index contributed by atoms with van der Waals surface area (Å²) in [5, 5.41) is 8.04. The molecule has 0 aliphatic heterocycles. The first kappa shape index (κ1) is 21.1. The van der Waals surface area contributed by atoms with Gasteiger partial charge in [-0.25, -0.2) is 0 Å². The third-order valence-electron chi connectivity index (χ3n) is 5.38. The Labute approximate surface area is 177 Å². The Hall–Kier alpha value is -3.10. The van der Waals surface area contributed by atoms with Crippen LogP contribution < -0.4 is 4.74 Å². The van der Waals surface area contributed by atoms with Crippen molar-refractivity contribution in [2.24, 2.45) is 7.05 Å². The van der Waals surface area contributed by atoms with E-state index in [0.29, 0.717) is 41.1 Å². The monoisotopic (exact) mass is 432 g/mol. The number of ether oxygens (including phenoxy) is 1. The third-order valence-corrected chi connectivity index (χ3v) is 5.38. The van der Waals surface area contributed by atoms with Crippen LogP contribution >= 0.6 is 0 Å². The van der Waals surface area contributed by atoms with Crippen LogP contribution in [-0.2, 0) is 39.0 Å². The number of rotatable bonds is 7. The van der Waals surface area contributed by atoms with E-state index in [1.807, 2.05) is 0 Å². The number of aromatic nitrogens is 4. The van der Waals surface area contributed by atoms with Crippen molar-refractivity contribution in [3.05, 3.63) is 64.7 Å². The van der Waals surface area contributed by atoms with E-state index in [4.69, 9.17) is 4.74 Å². The van der Waals surface area contributed by atoms with Gasteiger partial charge in [-0.3, -0.25) is 14.2 Å². The smallest absolute Gasteiger partial charge is 0.435 e.